The molecular formula is C18H15S. The van der Waals surface area contributed by atoms with Crippen LogP contribution in [0.1, 0.15) is 0 Å². The third-order valence-corrected chi connectivity index (χ3v) is 5.43. The maximum absolute atomic E-state index is 3.10. The fourth-order valence-electron chi connectivity index (χ4n) is 2.13. The van der Waals surface area contributed by atoms with Gasteiger partial charge in [0.2, 0.25) is 0 Å². The van der Waals surface area contributed by atoms with E-state index in [4.69, 9.17) is 0 Å². The highest BCUT2D eigenvalue weighted by Gasteiger charge is 2.11. The van der Waals surface area contributed by atoms with E-state index in [1.54, 1.807) is 0 Å². The van der Waals surface area contributed by atoms with Crippen molar-refractivity contribution < 1.29 is 0 Å². The molecule has 0 aliphatic heterocycles. The summed E-state index contributed by atoms with van der Waals surface area (Å²) in [6.07, 6.45) is 0. The Balaban J connectivity index is 2.12. The average molecular weight is 263 g/mol. The third-order valence-electron chi connectivity index (χ3n) is 2.99. The van der Waals surface area contributed by atoms with Crippen molar-refractivity contribution in [3.8, 4) is 0 Å². The summed E-state index contributed by atoms with van der Waals surface area (Å²) in [7, 11) is -0.466. The molecule has 0 heterocycles. The average Bonchev–Trinajstić information content (AvgIpc) is 2.51. The van der Waals surface area contributed by atoms with E-state index in [9.17, 15) is 0 Å². The largest absolute Gasteiger partial charge is 0.173 e. The Hall–Kier alpha value is -1.99. The van der Waals surface area contributed by atoms with Gasteiger partial charge in [0, 0.05) is 0 Å². The number of rotatable bonds is 3. The van der Waals surface area contributed by atoms with Crippen LogP contribution in [0.4, 0.5) is 0 Å². The van der Waals surface area contributed by atoms with Crippen molar-refractivity contribution in [1.29, 1.82) is 0 Å². The van der Waals surface area contributed by atoms with Crippen molar-refractivity contribution >= 4 is 10.9 Å². The quantitative estimate of drug-likeness (QED) is 0.634. The summed E-state index contributed by atoms with van der Waals surface area (Å²) < 4.78 is 0. The van der Waals surface area contributed by atoms with Crippen molar-refractivity contribution in [2.45, 2.75) is 14.7 Å². The van der Waals surface area contributed by atoms with Gasteiger partial charge in [0.25, 0.3) is 0 Å². The smallest absolute Gasteiger partial charge is 0.00448 e. The first-order valence-corrected chi connectivity index (χ1v) is 7.66. The Labute approximate surface area is 117 Å². The van der Waals surface area contributed by atoms with Gasteiger partial charge in [-0.3, -0.25) is 0 Å². The molecule has 1 radical (unpaired) electrons. The molecule has 0 aromatic heterocycles. The van der Waals surface area contributed by atoms with Gasteiger partial charge in [0.15, 0.2) is 0 Å². The van der Waals surface area contributed by atoms with Crippen LogP contribution < -0.4 is 0 Å². The third kappa shape index (κ3) is 2.72. The Kier molecular flexibility index (Phi) is 3.66. The summed E-state index contributed by atoms with van der Waals surface area (Å²) in [4.78, 5) is 4.14. The van der Waals surface area contributed by atoms with Crippen LogP contribution in [0.2, 0.25) is 0 Å². The first-order chi connectivity index (χ1) is 9.45. The van der Waals surface area contributed by atoms with Crippen molar-refractivity contribution in [1.82, 2.24) is 0 Å². The summed E-state index contributed by atoms with van der Waals surface area (Å²) in [5, 5.41) is 0. The summed E-state index contributed by atoms with van der Waals surface area (Å²) in [5.74, 6) is 0. The van der Waals surface area contributed by atoms with Gasteiger partial charge in [-0.2, -0.15) is 10.9 Å². The van der Waals surface area contributed by atoms with Crippen molar-refractivity contribution in [2.24, 2.45) is 0 Å². The zero-order valence-corrected chi connectivity index (χ0v) is 11.4. The second-order valence-corrected chi connectivity index (χ2v) is 6.48. The molecule has 3 rings (SSSR count). The van der Waals surface area contributed by atoms with Gasteiger partial charge in [-0.15, -0.1) is 0 Å². The van der Waals surface area contributed by atoms with Gasteiger partial charge in [-0.05, 0) is 57.2 Å². The molecule has 19 heavy (non-hydrogen) atoms. The van der Waals surface area contributed by atoms with Gasteiger partial charge in [-0.25, -0.2) is 0 Å². The van der Waals surface area contributed by atoms with Crippen LogP contribution in [0.3, 0.4) is 0 Å². The molecule has 0 amide bonds. The molecule has 3 aromatic rings. The fourth-order valence-corrected chi connectivity index (χ4v) is 4.41. The normalized spacial score (nSPS) is 11.1. The molecule has 93 valence electrons. The van der Waals surface area contributed by atoms with Gasteiger partial charge in [0.1, 0.15) is 0 Å². The number of thiol groups is 1. The van der Waals surface area contributed by atoms with Crippen LogP contribution in [0.15, 0.2) is 99.6 Å². The summed E-state index contributed by atoms with van der Waals surface area (Å²) >= 11 is 0. The van der Waals surface area contributed by atoms with Crippen molar-refractivity contribution in [2.75, 3.05) is 0 Å². The lowest BCUT2D eigenvalue weighted by atomic mass is 10.4. The second kappa shape index (κ2) is 5.77. The Morgan fingerprint density at radius 3 is 1.42 bits per heavy atom. The number of hydrogen-bond acceptors (Lipinski definition) is 0. The van der Waals surface area contributed by atoms with Gasteiger partial charge in [0.05, 0.1) is 0 Å². The van der Waals surface area contributed by atoms with Crippen LogP contribution in [0.5, 0.6) is 0 Å². The fraction of sp³-hybridized carbons (Fsp3) is 0. The Bertz CT molecular complexity index is 524. The molecule has 3 aromatic carbocycles. The Morgan fingerprint density at radius 2 is 0.947 bits per heavy atom. The summed E-state index contributed by atoms with van der Waals surface area (Å²) in [6.45, 7) is 0. The molecule has 0 fully saturated rings. The number of hydrogen-bond donors (Lipinski definition) is 1. The maximum atomic E-state index is 3.10. The second-order valence-electron chi connectivity index (χ2n) is 4.26. The minimum atomic E-state index is -0.466. The van der Waals surface area contributed by atoms with Crippen LogP contribution in [-0.2, 0) is 0 Å². The van der Waals surface area contributed by atoms with Crippen LogP contribution in [0, 0.1) is 6.07 Å². The lowest BCUT2D eigenvalue weighted by Gasteiger charge is -2.23. The minimum absolute atomic E-state index is 0.466. The van der Waals surface area contributed by atoms with Crippen molar-refractivity contribution in [3.63, 3.8) is 0 Å². The molecule has 0 spiro atoms. The van der Waals surface area contributed by atoms with E-state index in [0.29, 0.717) is 0 Å². The lowest BCUT2D eigenvalue weighted by molar-refractivity contribution is 1.33. The van der Waals surface area contributed by atoms with E-state index >= 15 is 0 Å². The zero-order valence-electron chi connectivity index (χ0n) is 10.5. The molecule has 0 atom stereocenters. The standard InChI is InChI=1S/C18H15S/c1-4-10-16(11-5-1)19(17-12-6-2-7-13-17)18-14-8-3-9-15-18/h1-2,4-15,19H. The Morgan fingerprint density at radius 1 is 0.526 bits per heavy atom. The zero-order chi connectivity index (χ0) is 12.9. The molecule has 0 bridgehead atoms. The van der Waals surface area contributed by atoms with E-state index in [1.165, 1.54) is 14.7 Å². The highest BCUT2D eigenvalue weighted by atomic mass is 32.2. The minimum Gasteiger partial charge on any atom is -0.173 e. The monoisotopic (exact) mass is 263 g/mol. The highest BCUT2D eigenvalue weighted by Crippen LogP contribution is 2.50. The van der Waals surface area contributed by atoms with Gasteiger partial charge >= 0.3 is 0 Å². The van der Waals surface area contributed by atoms with Crippen LogP contribution in [-0.4, -0.2) is 0 Å². The molecule has 0 saturated carbocycles. The summed E-state index contributed by atoms with van der Waals surface area (Å²) in [6, 6.07) is 32.9. The SMILES string of the molecule is [c]1ccc([SH](c2ccccc2)c2ccccc2)cc1. The first-order valence-electron chi connectivity index (χ1n) is 6.31. The first kappa shape index (κ1) is 12.1. The van der Waals surface area contributed by atoms with E-state index in [0.717, 1.165) is 0 Å². The number of benzene rings is 3. The topological polar surface area (TPSA) is 0 Å². The van der Waals surface area contributed by atoms with E-state index in [1.807, 2.05) is 12.1 Å². The molecule has 0 aliphatic rings. The summed E-state index contributed by atoms with van der Waals surface area (Å²) in [5.41, 5.74) is 0. The molecule has 0 unspecified atom stereocenters. The van der Waals surface area contributed by atoms with E-state index < -0.39 is 10.9 Å². The van der Waals surface area contributed by atoms with E-state index in [2.05, 4.69) is 78.9 Å². The predicted molar refractivity (Wildman–Crippen MR) is 81.9 cm³/mol. The van der Waals surface area contributed by atoms with Crippen LogP contribution in [0.25, 0.3) is 0 Å². The maximum Gasteiger partial charge on any atom is -0.00448 e. The molecule has 0 nitrogen and oxygen atoms in total. The molecule has 1 heteroatoms. The van der Waals surface area contributed by atoms with Gasteiger partial charge in [-0.1, -0.05) is 48.5 Å². The van der Waals surface area contributed by atoms with Crippen LogP contribution >= 0.6 is 10.9 Å². The molecular weight excluding hydrogens is 248 g/mol. The molecule has 0 aliphatic carbocycles. The van der Waals surface area contributed by atoms with Gasteiger partial charge < -0.3 is 0 Å². The predicted octanol–water partition coefficient (Wildman–Crippen LogP) is 4.97. The molecule has 0 N–H and O–H groups in total. The lowest BCUT2D eigenvalue weighted by Crippen LogP contribution is -1.87. The molecule has 0 saturated heterocycles. The highest BCUT2D eigenvalue weighted by molar-refractivity contribution is 8.17. The van der Waals surface area contributed by atoms with Crippen molar-refractivity contribution in [3.05, 3.63) is 91.0 Å². The van der Waals surface area contributed by atoms with E-state index in [-0.39, 0.29) is 0 Å².